The van der Waals surface area contributed by atoms with Gasteiger partial charge in [0.15, 0.2) is 5.82 Å². The molecule has 0 aliphatic heterocycles. The van der Waals surface area contributed by atoms with E-state index in [1.54, 1.807) is 30.3 Å². The summed E-state index contributed by atoms with van der Waals surface area (Å²) >= 11 is 0. The Kier molecular flexibility index (Phi) is 3.66. The van der Waals surface area contributed by atoms with Crippen molar-refractivity contribution in [3.63, 3.8) is 0 Å². The van der Waals surface area contributed by atoms with Gasteiger partial charge in [0.2, 0.25) is 0 Å². The second-order valence-electron chi connectivity index (χ2n) is 5.87. The highest BCUT2D eigenvalue weighted by atomic mass is 32.2. The highest BCUT2D eigenvalue weighted by Gasteiger charge is 2.24. The van der Waals surface area contributed by atoms with Crippen molar-refractivity contribution in [2.45, 2.75) is 11.8 Å². The molecule has 4 aromatic rings. The van der Waals surface area contributed by atoms with Crippen LogP contribution in [-0.2, 0) is 10.0 Å². The molecule has 0 saturated carbocycles. The van der Waals surface area contributed by atoms with Crippen LogP contribution in [0.5, 0.6) is 0 Å². The number of fused-ring (bicyclic) bond motifs is 1. The maximum absolute atomic E-state index is 13.3. The number of hydrogen-bond acceptors (Lipinski definition) is 3. The van der Waals surface area contributed by atoms with Gasteiger partial charge in [-0.05, 0) is 31.2 Å². The van der Waals surface area contributed by atoms with Crippen LogP contribution in [0.1, 0.15) is 5.56 Å². The number of benzene rings is 3. The molecule has 0 saturated heterocycles. The molecule has 0 spiro atoms. The van der Waals surface area contributed by atoms with E-state index in [9.17, 15) is 8.42 Å². The van der Waals surface area contributed by atoms with Crippen LogP contribution in [0.25, 0.3) is 22.4 Å². The number of nitrogens with zero attached hydrogens (tertiary/aromatic N) is 2. The molecule has 0 atom stereocenters. The van der Waals surface area contributed by atoms with Crippen LogP contribution in [0, 0.1) is 6.92 Å². The zero-order valence-electron chi connectivity index (χ0n) is 13.6. The molecule has 5 heteroatoms. The summed E-state index contributed by atoms with van der Waals surface area (Å²) in [6, 6.07) is 23.5. The summed E-state index contributed by atoms with van der Waals surface area (Å²) in [5, 5.41) is 0. The molecule has 0 amide bonds. The first-order valence-corrected chi connectivity index (χ1v) is 9.36. The molecule has 0 aliphatic carbocycles. The predicted molar refractivity (Wildman–Crippen MR) is 98.9 cm³/mol. The summed E-state index contributed by atoms with van der Waals surface area (Å²) in [7, 11) is -3.76. The molecule has 0 bridgehead atoms. The molecule has 0 fully saturated rings. The van der Waals surface area contributed by atoms with Crippen molar-refractivity contribution < 1.29 is 8.42 Å². The normalized spacial score (nSPS) is 11.7. The number of rotatable bonds is 3. The van der Waals surface area contributed by atoms with E-state index in [2.05, 4.69) is 4.98 Å². The highest BCUT2D eigenvalue weighted by Crippen LogP contribution is 2.29. The Morgan fingerprint density at radius 3 is 2.16 bits per heavy atom. The minimum Gasteiger partial charge on any atom is -0.227 e. The fourth-order valence-corrected chi connectivity index (χ4v) is 4.31. The van der Waals surface area contributed by atoms with Gasteiger partial charge in [-0.3, -0.25) is 0 Å². The maximum Gasteiger partial charge on any atom is 0.269 e. The van der Waals surface area contributed by atoms with Gasteiger partial charge in [-0.15, -0.1) is 0 Å². The number of hydrogen-bond donors (Lipinski definition) is 0. The number of aromatic nitrogens is 2. The Balaban J connectivity index is 2.05. The fourth-order valence-electron chi connectivity index (χ4n) is 2.83. The largest absolute Gasteiger partial charge is 0.269 e. The first kappa shape index (κ1) is 15.6. The van der Waals surface area contributed by atoms with E-state index in [1.165, 1.54) is 3.97 Å². The average Bonchev–Trinajstić information content (AvgIpc) is 3.03. The summed E-state index contributed by atoms with van der Waals surface area (Å²) in [5.74, 6) is 0.419. The summed E-state index contributed by atoms with van der Waals surface area (Å²) < 4.78 is 28.0. The second-order valence-corrected chi connectivity index (χ2v) is 7.66. The molecule has 124 valence electrons. The second kappa shape index (κ2) is 5.86. The predicted octanol–water partition coefficient (Wildman–Crippen LogP) is 4.25. The summed E-state index contributed by atoms with van der Waals surface area (Å²) in [6.45, 7) is 1.93. The highest BCUT2D eigenvalue weighted by molar-refractivity contribution is 7.90. The topological polar surface area (TPSA) is 52.0 Å². The minimum atomic E-state index is -3.76. The van der Waals surface area contributed by atoms with Crippen LogP contribution in [0.15, 0.2) is 83.8 Å². The molecular formula is C20H16N2O2S. The zero-order valence-corrected chi connectivity index (χ0v) is 14.4. The van der Waals surface area contributed by atoms with Crippen molar-refractivity contribution in [3.8, 4) is 11.4 Å². The molecule has 1 aromatic heterocycles. The van der Waals surface area contributed by atoms with E-state index in [0.29, 0.717) is 16.9 Å². The van der Waals surface area contributed by atoms with Crippen molar-refractivity contribution in [2.75, 3.05) is 0 Å². The Hall–Kier alpha value is -2.92. The van der Waals surface area contributed by atoms with Gasteiger partial charge < -0.3 is 0 Å². The molecule has 1 heterocycles. The summed E-state index contributed by atoms with van der Waals surface area (Å²) in [4.78, 5) is 4.82. The molecule has 4 nitrogen and oxygen atoms in total. The van der Waals surface area contributed by atoms with Crippen molar-refractivity contribution in [2.24, 2.45) is 0 Å². The lowest BCUT2D eigenvalue weighted by Crippen LogP contribution is -2.14. The standard InChI is InChI=1S/C20H16N2O2S/c1-15-11-13-17(14-12-15)25(23,24)22-19-10-6-5-9-18(19)21-20(22)16-7-3-2-4-8-16/h2-14H,1H3. The third-order valence-electron chi connectivity index (χ3n) is 4.11. The number of para-hydroxylation sites is 2. The van der Waals surface area contributed by atoms with Crippen molar-refractivity contribution in [1.82, 2.24) is 8.96 Å². The van der Waals surface area contributed by atoms with Crippen LogP contribution in [-0.4, -0.2) is 17.4 Å². The summed E-state index contributed by atoms with van der Waals surface area (Å²) in [5.41, 5.74) is 2.99. The number of aryl methyl sites for hydroxylation is 1. The molecule has 3 aromatic carbocycles. The Morgan fingerprint density at radius 2 is 1.44 bits per heavy atom. The van der Waals surface area contributed by atoms with Gasteiger partial charge in [-0.2, -0.15) is 0 Å². The molecular weight excluding hydrogens is 332 g/mol. The Morgan fingerprint density at radius 1 is 0.800 bits per heavy atom. The molecule has 0 N–H and O–H groups in total. The first-order valence-electron chi connectivity index (χ1n) is 7.92. The third kappa shape index (κ3) is 2.62. The minimum absolute atomic E-state index is 0.249. The van der Waals surface area contributed by atoms with Crippen LogP contribution >= 0.6 is 0 Å². The SMILES string of the molecule is Cc1ccc(S(=O)(=O)n2c(-c3ccccc3)nc3ccccc32)cc1. The quantitative estimate of drug-likeness (QED) is 0.556. The molecule has 0 aliphatic rings. The lowest BCUT2D eigenvalue weighted by atomic mass is 10.2. The van der Waals surface area contributed by atoms with Crippen LogP contribution in [0.2, 0.25) is 0 Å². The van der Waals surface area contributed by atoms with Gasteiger partial charge in [0.25, 0.3) is 10.0 Å². The summed E-state index contributed by atoms with van der Waals surface area (Å²) in [6.07, 6.45) is 0. The first-order chi connectivity index (χ1) is 12.1. The number of imidazole rings is 1. The monoisotopic (exact) mass is 348 g/mol. The van der Waals surface area contributed by atoms with Gasteiger partial charge in [-0.1, -0.05) is 60.2 Å². The van der Waals surface area contributed by atoms with E-state index >= 15 is 0 Å². The fraction of sp³-hybridized carbons (Fsp3) is 0.0500. The maximum atomic E-state index is 13.3. The van der Waals surface area contributed by atoms with Crippen LogP contribution < -0.4 is 0 Å². The molecule has 4 rings (SSSR count). The van der Waals surface area contributed by atoms with Gasteiger partial charge in [0.05, 0.1) is 15.9 Å². The van der Waals surface area contributed by atoms with E-state index in [0.717, 1.165) is 11.1 Å². The Bertz CT molecular complexity index is 1150. The molecule has 0 unspecified atom stereocenters. The van der Waals surface area contributed by atoms with Gasteiger partial charge >= 0.3 is 0 Å². The van der Waals surface area contributed by atoms with Crippen LogP contribution in [0.4, 0.5) is 0 Å². The smallest absolute Gasteiger partial charge is 0.227 e. The van der Waals surface area contributed by atoms with E-state index < -0.39 is 10.0 Å². The van der Waals surface area contributed by atoms with Gasteiger partial charge in [0, 0.05) is 5.56 Å². The zero-order chi connectivity index (χ0) is 17.4. The molecule has 25 heavy (non-hydrogen) atoms. The molecule has 0 radical (unpaired) electrons. The van der Waals surface area contributed by atoms with E-state index in [1.807, 2.05) is 55.5 Å². The van der Waals surface area contributed by atoms with E-state index in [-0.39, 0.29) is 4.90 Å². The lowest BCUT2D eigenvalue weighted by Gasteiger charge is -2.11. The Labute approximate surface area is 146 Å². The van der Waals surface area contributed by atoms with Crippen molar-refractivity contribution in [3.05, 3.63) is 84.4 Å². The van der Waals surface area contributed by atoms with Crippen molar-refractivity contribution in [1.29, 1.82) is 0 Å². The van der Waals surface area contributed by atoms with Crippen LogP contribution in [0.3, 0.4) is 0 Å². The average molecular weight is 348 g/mol. The van der Waals surface area contributed by atoms with Crippen molar-refractivity contribution >= 4 is 21.1 Å². The lowest BCUT2D eigenvalue weighted by molar-refractivity contribution is 0.589. The van der Waals surface area contributed by atoms with Gasteiger partial charge in [0.1, 0.15) is 0 Å². The van der Waals surface area contributed by atoms with Gasteiger partial charge in [-0.25, -0.2) is 17.4 Å². The third-order valence-corrected chi connectivity index (χ3v) is 5.83. The van der Waals surface area contributed by atoms with E-state index in [4.69, 9.17) is 0 Å².